The van der Waals surface area contributed by atoms with Crippen molar-refractivity contribution in [2.24, 2.45) is 5.92 Å². The highest BCUT2D eigenvalue weighted by Crippen LogP contribution is 2.26. The van der Waals surface area contributed by atoms with Crippen LogP contribution < -0.4 is 0 Å². The fourth-order valence-electron chi connectivity index (χ4n) is 4.55. The normalized spacial score (nSPS) is 16.0. The quantitative estimate of drug-likeness (QED) is 0.482. The second kappa shape index (κ2) is 9.38. The Balaban J connectivity index is 1.40. The highest BCUT2D eigenvalue weighted by Gasteiger charge is 2.19. The molecule has 1 fully saturated rings. The fourth-order valence-corrected chi connectivity index (χ4v) is 4.55. The number of unbranched alkanes of at least 4 members (excludes halogenated alkanes) is 1. The minimum Gasteiger partial charge on any atom is -0.324 e. The summed E-state index contributed by atoms with van der Waals surface area (Å²) >= 11 is 0. The van der Waals surface area contributed by atoms with Crippen LogP contribution in [-0.2, 0) is 6.54 Å². The Labute approximate surface area is 169 Å². The van der Waals surface area contributed by atoms with Gasteiger partial charge in [-0.15, -0.1) is 0 Å². The molecule has 0 amide bonds. The largest absolute Gasteiger partial charge is 0.324 e. The molecular weight excluding hydrogens is 342 g/mol. The molecule has 3 nitrogen and oxygen atoms in total. The van der Waals surface area contributed by atoms with Gasteiger partial charge in [-0.25, -0.2) is 4.98 Å². The molecule has 1 aromatic heterocycles. The topological polar surface area (TPSA) is 21.1 Å². The standard InChI is InChI=1S/C25H33N3/c1-2-3-10-21-15-19-27(20-16-21)17-9-18-28-24-14-8-7-13-23(24)26-25(28)22-11-5-4-6-12-22/h4-8,11-14,21H,2-3,9-10,15-20H2,1H3. The Kier molecular flexibility index (Phi) is 6.43. The van der Waals surface area contributed by atoms with Gasteiger partial charge in [0.1, 0.15) is 5.82 Å². The van der Waals surface area contributed by atoms with Crippen LogP contribution in [0.15, 0.2) is 54.6 Å². The van der Waals surface area contributed by atoms with Crippen molar-refractivity contribution in [1.82, 2.24) is 14.5 Å². The minimum absolute atomic E-state index is 0.971. The summed E-state index contributed by atoms with van der Waals surface area (Å²) in [7, 11) is 0. The van der Waals surface area contributed by atoms with E-state index in [0.717, 1.165) is 23.8 Å². The lowest BCUT2D eigenvalue weighted by molar-refractivity contribution is 0.174. The first-order valence-electron chi connectivity index (χ1n) is 11.1. The maximum absolute atomic E-state index is 4.94. The van der Waals surface area contributed by atoms with Crippen LogP contribution in [0.3, 0.4) is 0 Å². The fraction of sp³-hybridized carbons (Fsp3) is 0.480. The van der Waals surface area contributed by atoms with E-state index in [4.69, 9.17) is 4.98 Å². The van der Waals surface area contributed by atoms with Crippen LogP contribution in [0.4, 0.5) is 0 Å². The van der Waals surface area contributed by atoms with Crippen molar-refractivity contribution in [2.45, 2.75) is 52.0 Å². The molecule has 0 aliphatic carbocycles. The first kappa shape index (κ1) is 19.2. The second-order valence-corrected chi connectivity index (χ2v) is 8.22. The molecule has 0 atom stereocenters. The molecule has 0 spiro atoms. The van der Waals surface area contributed by atoms with Crippen LogP contribution in [0.5, 0.6) is 0 Å². The lowest BCUT2D eigenvalue weighted by Gasteiger charge is -2.32. The summed E-state index contributed by atoms with van der Waals surface area (Å²) in [5.74, 6) is 2.07. The highest BCUT2D eigenvalue weighted by molar-refractivity contribution is 5.80. The van der Waals surface area contributed by atoms with Crippen LogP contribution in [0.1, 0.15) is 45.4 Å². The summed E-state index contributed by atoms with van der Waals surface area (Å²) in [6, 6.07) is 19.1. The number of likely N-dealkylation sites (tertiary alicyclic amines) is 1. The minimum atomic E-state index is 0.971. The van der Waals surface area contributed by atoms with Crippen molar-refractivity contribution in [2.75, 3.05) is 19.6 Å². The molecule has 3 aromatic rings. The lowest BCUT2D eigenvalue weighted by atomic mass is 9.91. The van der Waals surface area contributed by atoms with Crippen LogP contribution in [0, 0.1) is 5.92 Å². The van der Waals surface area contributed by atoms with E-state index in [1.165, 1.54) is 69.2 Å². The second-order valence-electron chi connectivity index (χ2n) is 8.22. The van der Waals surface area contributed by atoms with Gasteiger partial charge in [0.25, 0.3) is 0 Å². The molecule has 0 N–H and O–H groups in total. The highest BCUT2D eigenvalue weighted by atomic mass is 15.1. The van der Waals surface area contributed by atoms with Crippen molar-refractivity contribution in [3.05, 3.63) is 54.6 Å². The Morgan fingerprint density at radius 2 is 1.64 bits per heavy atom. The van der Waals surface area contributed by atoms with E-state index in [1.807, 2.05) is 0 Å². The lowest BCUT2D eigenvalue weighted by Crippen LogP contribution is -2.34. The molecule has 2 aromatic carbocycles. The summed E-state index contributed by atoms with van der Waals surface area (Å²) in [6.45, 7) is 7.09. The van der Waals surface area contributed by atoms with Crippen LogP contribution in [-0.4, -0.2) is 34.1 Å². The zero-order valence-corrected chi connectivity index (χ0v) is 17.2. The summed E-state index contributed by atoms with van der Waals surface area (Å²) in [5.41, 5.74) is 3.55. The number of fused-ring (bicyclic) bond motifs is 1. The predicted octanol–water partition coefficient (Wildman–Crippen LogP) is 6.00. The molecule has 28 heavy (non-hydrogen) atoms. The molecule has 148 valence electrons. The van der Waals surface area contributed by atoms with Crippen molar-refractivity contribution in [3.63, 3.8) is 0 Å². The Bertz CT molecular complexity index is 860. The van der Waals surface area contributed by atoms with Gasteiger partial charge in [-0.3, -0.25) is 0 Å². The van der Waals surface area contributed by atoms with Crippen molar-refractivity contribution in [3.8, 4) is 11.4 Å². The van der Waals surface area contributed by atoms with Crippen LogP contribution in [0.2, 0.25) is 0 Å². The number of aromatic nitrogens is 2. The zero-order chi connectivity index (χ0) is 19.2. The van der Waals surface area contributed by atoms with E-state index in [0.29, 0.717) is 0 Å². The third kappa shape index (κ3) is 4.47. The first-order valence-corrected chi connectivity index (χ1v) is 11.1. The maximum atomic E-state index is 4.94. The molecule has 0 saturated carbocycles. The van der Waals surface area contributed by atoms with E-state index in [2.05, 4.69) is 71.0 Å². The van der Waals surface area contributed by atoms with Crippen LogP contribution >= 0.6 is 0 Å². The summed E-state index contributed by atoms with van der Waals surface area (Å²) in [4.78, 5) is 7.61. The number of para-hydroxylation sites is 2. The monoisotopic (exact) mass is 375 g/mol. The van der Waals surface area contributed by atoms with Crippen LogP contribution in [0.25, 0.3) is 22.4 Å². The molecule has 4 rings (SSSR count). The van der Waals surface area contributed by atoms with Gasteiger partial charge in [-0.05, 0) is 56.9 Å². The molecule has 1 saturated heterocycles. The molecular formula is C25H33N3. The van der Waals surface area contributed by atoms with Crippen molar-refractivity contribution in [1.29, 1.82) is 0 Å². The number of hydrogen-bond donors (Lipinski definition) is 0. The number of rotatable bonds is 8. The van der Waals surface area contributed by atoms with E-state index in [1.54, 1.807) is 0 Å². The zero-order valence-electron chi connectivity index (χ0n) is 17.2. The van der Waals surface area contributed by atoms with Gasteiger partial charge in [0.15, 0.2) is 0 Å². The van der Waals surface area contributed by atoms with Gasteiger partial charge in [0.2, 0.25) is 0 Å². The smallest absolute Gasteiger partial charge is 0.141 e. The van der Waals surface area contributed by atoms with Crippen molar-refractivity contribution >= 4 is 11.0 Å². The molecule has 1 aliphatic heterocycles. The van der Waals surface area contributed by atoms with E-state index in [9.17, 15) is 0 Å². The number of imidazole rings is 1. The van der Waals surface area contributed by atoms with E-state index < -0.39 is 0 Å². The Morgan fingerprint density at radius 1 is 0.893 bits per heavy atom. The average Bonchev–Trinajstić information content (AvgIpc) is 3.12. The predicted molar refractivity (Wildman–Crippen MR) is 118 cm³/mol. The first-order chi connectivity index (χ1) is 13.8. The van der Waals surface area contributed by atoms with Gasteiger partial charge < -0.3 is 9.47 Å². The SMILES string of the molecule is CCCCC1CCN(CCCn2c(-c3ccccc3)nc3ccccc32)CC1. The number of aryl methyl sites for hydroxylation is 1. The molecule has 0 radical (unpaired) electrons. The summed E-state index contributed by atoms with van der Waals surface area (Å²) in [5, 5.41) is 0. The summed E-state index contributed by atoms with van der Waals surface area (Å²) < 4.78 is 2.42. The molecule has 1 aliphatic rings. The van der Waals surface area contributed by atoms with Gasteiger partial charge >= 0.3 is 0 Å². The van der Waals surface area contributed by atoms with E-state index >= 15 is 0 Å². The van der Waals surface area contributed by atoms with Gasteiger partial charge in [0, 0.05) is 12.1 Å². The maximum Gasteiger partial charge on any atom is 0.141 e. The van der Waals surface area contributed by atoms with Crippen molar-refractivity contribution < 1.29 is 0 Å². The molecule has 2 heterocycles. The van der Waals surface area contributed by atoms with Gasteiger partial charge in [0.05, 0.1) is 11.0 Å². The third-order valence-electron chi connectivity index (χ3n) is 6.22. The third-order valence-corrected chi connectivity index (χ3v) is 6.22. The Morgan fingerprint density at radius 3 is 2.43 bits per heavy atom. The number of nitrogens with zero attached hydrogens (tertiary/aromatic N) is 3. The number of piperidine rings is 1. The number of benzene rings is 2. The molecule has 0 bridgehead atoms. The Hall–Kier alpha value is -2.13. The summed E-state index contributed by atoms with van der Waals surface area (Å²) in [6.07, 6.45) is 8.14. The van der Waals surface area contributed by atoms with Gasteiger partial charge in [-0.2, -0.15) is 0 Å². The number of hydrogen-bond acceptors (Lipinski definition) is 2. The van der Waals surface area contributed by atoms with Gasteiger partial charge in [-0.1, -0.05) is 68.7 Å². The molecule has 0 unspecified atom stereocenters. The molecule has 3 heteroatoms. The van der Waals surface area contributed by atoms with E-state index in [-0.39, 0.29) is 0 Å². The average molecular weight is 376 g/mol.